The van der Waals surface area contributed by atoms with Gasteiger partial charge < -0.3 is 14.6 Å². The Labute approximate surface area is 169 Å². The van der Waals surface area contributed by atoms with Gasteiger partial charge in [-0.15, -0.1) is 0 Å². The van der Waals surface area contributed by atoms with Gasteiger partial charge in [0, 0.05) is 17.9 Å². The van der Waals surface area contributed by atoms with Crippen LogP contribution in [0.3, 0.4) is 0 Å². The minimum atomic E-state index is -1.39. The second-order valence-electron chi connectivity index (χ2n) is 7.84. The molecule has 0 spiro atoms. The number of fused-ring (bicyclic) bond motifs is 4. The van der Waals surface area contributed by atoms with E-state index >= 15 is 0 Å². The van der Waals surface area contributed by atoms with Crippen LogP contribution < -0.4 is 4.74 Å². The van der Waals surface area contributed by atoms with Gasteiger partial charge in [-0.05, 0) is 17.2 Å². The van der Waals surface area contributed by atoms with E-state index in [9.17, 15) is 9.90 Å². The third-order valence-electron chi connectivity index (χ3n) is 6.40. The van der Waals surface area contributed by atoms with Crippen LogP contribution >= 0.6 is 0 Å². The van der Waals surface area contributed by atoms with Gasteiger partial charge in [-0.2, -0.15) is 0 Å². The number of hydrogen-bond donors (Lipinski definition) is 1. The summed E-state index contributed by atoms with van der Waals surface area (Å²) in [7, 11) is 1.37. The van der Waals surface area contributed by atoms with Crippen LogP contribution in [0.15, 0.2) is 84.9 Å². The van der Waals surface area contributed by atoms with Crippen molar-refractivity contribution in [2.24, 2.45) is 5.92 Å². The van der Waals surface area contributed by atoms with Gasteiger partial charge in [-0.25, -0.2) is 0 Å². The molecule has 2 aliphatic rings. The molecule has 146 valence electrons. The van der Waals surface area contributed by atoms with E-state index in [-0.39, 0.29) is 6.42 Å². The van der Waals surface area contributed by atoms with Crippen molar-refractivity contribution in [2.45, 2.75) is 23.5 Å². The van der Waals surface area contributed by atoms with Gasteiger partial charge in [0.05, 0.1) is 7.11 Å². The number of esters is 1. The highest BCUT2D eigenvalue weighted by Gasteiger charge is 2.69. The standard InChI is InChI=1S/C25H22O4/c1-28-23(26)22-21(17-10-4-2-5-11-17)25(18-12-6-3-7-13-18)16-24(22,27)19-14-8-9-15-20(19)29-25/h2-15,21-22,27H,16H2,1H3/t21-,22+,24+,25?/m1/s1. The summed E-state index contributed by atoms with van der Waals surface area (Å²) < 4.78 is 11.9. The third kappa shape index (κ3) is 2.45. The first-order chi connectivity index (χ1) is 14.1. The summed E-state index contributed by atoms with van der Waals surface area (Å²) in [6.07, 6.45) is 0.278. The van der Waals surface area contributed by atoms with Crippen LogP contribution in [0.25, 0.3) is 0 Å². The predicted octanol–water partition coefficient (Wildman–Crippen LogP) is 4.14. The van der Waals surface area contributed by atoms with Gasteiger partial charge in [0.25, 0.3) is 0 Å². The van der Waals surface area contributed by atoms with Crippen LogP contribution in [0.1, 0.15) is 29.0 Å². The van der Waals surface area contributed by atoms with Crippen molar-refractivity contribution in [2.75, 3.05) is 7.11 Å². The highest BCUT2D eigenvalue weighted by Crippen LogP contribution is 2.66. The molecule has 2 bridgehead atoms. The lowest BCUT2D eigenvalue weighted by atomic mass is 9.75. The molecule has 4 atom stereocenters. The molecule has 29 heavy (non-hydrogen) atoms. The molecule has 1 fully saturated rings. The van der Waals surface area contributed by atoms with E-state index in [2.05, 4.69) is 0 Å². The topological polar surface area (TPSA) is 55.8 Å². The van der Waals surface area contributed by atoms with Crippen molar-refractivity contribution in [1.82, 2.24) is 0 Å². The molecule has 5 rings (SSSR count). The summed E-state index contributed by atoms with van der Waals surface area (Å²) in [4.78, 5) is 13.1. The first kappa shape index (κ1) is 18.0. The normalized spacial score (nSPS) is 29.6. The molecule has 3 aromatic carbocycles. The molecule has 1 N–H and O–H groups in total. The zero-order valence-corrected chi connectivity index (χ0v) is 16.1. The Morgan fingerprint density at radius 1 is 0.966 bits per heavy atom. The molecule has 1 unspecified atom stereocenters. The lowest BCUT2D eigenvalue weighted by Gasteiger charge is -2.41. The van der Waals surface area contributed by atoms with Crippen molar-refractivity contribution in [3.05, 3.63) is 102 Å². The Morgan fingerprint density at radius 2 is 1.59 bits per heavy atom. The maximum atomic E-state index is 13.1. The Kier molecular flexibility index (Phi) is 4.00. The minimum absolute atomic E-state index is 0.278. The molecule has 4 nitrogen and oxygen atoms in total. The molecule has 1 saturated carbocycles. The van der Waals surface area contributed by atoms with Crippen LogP contribution in [-0.2, 0) is 20.7 Å². The van der Waals surface area contributed by atoms with E-state index in [0.717, 1.165) is 11.1 Å². The molecule has 3 aromatic rings. The fraction of sp³-hybridized carbons (Fsp3) is 0.240. The van der Waals surface area contributed by atoms with Crippen LogP contribution in [0, 0.1) is 5.92 Å². The number of ether oxygens (including phenoxy) is 2. The zero-order valence-electron chi connectivity index (χ0n) is 16.1. The number of benzene rings is 3. The van der Waals surface area contributed by atoms with Crippen LogP contribution in [-0.4, -0.2) is 18.2 Å². The van der Waals surface area contributed by atoms with Gasteiger partial charge in [0.2, 0.25) is 0 Å². The molecule has 1 aliphatic carbocycles. The zero-order chi connectivity index (χ0) is 20.1. The summed E-state index contributed by atoms with van der Waals surface area (Å²) in [5.74, 6) is -1.02. The molecule has 0 aromatic heterocycles. The van der Waals surface area contributed by atoms with Crippen molar-refractivity contribution >= 4 is 5.97 Å². The highest BCUT2D eigenvalue weighted by molar-refractivity contribution is 5.78. The lowest BCUT2D eigenvalue weighted by molar-refractivity contribution is -0.155. The quantitative estimate of drug-likeness (QED) is 0.688. The number of para-hydroxylation sites is 1. The first-order valence-electron chi connectivity index (χ1n) is 9.79. The second-order valence-corrected chi connectivity index (χ2v) is 7.84. The van der Waals surface area contributed by atoms with E-state index in [0.29, 0.717) is 11.3 Å². The first-order valence-corrected chi connectivity index (χ1v) is 9.79. The van der Waals surface area contributed by atoms with Crippen LogP contribution in [0.4, 0.5) is 0 Å². The van der Waals surface area contributed by atoms with Gasteiger partial charge in [-0.3, -0.25) is 4.79 Å². The van der Waals surface area contributed by atoms with E-state index in [1.54, 1.807) is 0 Å². The van der Waals surface area contributed by atoms with Crippen molar-refractivity contribution in [1.29, 1.82) is 0 Å². The summed E-state index contributed by atoms with van der Waals surface area (Å²) in [6, 6.07) is 27.1. The molecular formula is C25H22O4. The van der Waals surface area contributed by atoms with Crippen molar-refractivity contribution in [3.8, 4) is 5.75 Å². The van der Waals surface area contributed by atoms with Crippen LogP contribution in [0.2, 0.25) is 0 Å². The fourth-order valence-corrected chi connectivity index (χ4v) is 5.28. The molecular weight excluding hydrogens is 364 g/mol. The van der Waals surface area contributed by atoms with E-state index in [1.165, 1.54) is 7.11 Å². The number of aliphatic hydroxyl groups is 1. The van der Waals surface area contributed by atoms with Crippen molar-refractivity contribution < 1.29 is 19.4 Å². The second kappa shape index (κ2) is 6.46. The Bertz CT molecular complexity index is 1050. The molecule has 4 heteroatoms. The molecule has 0 saturated heterocycles. The van der Waals surface area contributed by atoms with Crippen LogP contribution in [0.5, 0.6) is 5.75 Å². The number of carbonyl (C=O) groups excluding carboxylic acids is 1. The van der Waals surface area contributed by atoms with E-state index < -0.39 is 29.0 Å². The average Bonchev–Trinajstić information content (AvgIpc) is 3.00. The molecule has 1 heterocycles. The largest absolute Gasteiger partial charge is 0.481 e. The number of hydrogen-bond acceptors (Lipinski definition) is 4. The van der Waals surface area contributed by atoms with Crippen molar-refractivity contribution in [3.63, 3.8) is 0 Å². The lowest BCUT2D eigenvalue weighted by Crippen LogP contribution is -2.41. The van der Waals surface area contributed by atoms with Gasteiger partial charge in [-0.1, -0.05) is 78.9 Å². The maximum Gasteiger partial charge on any atom is 0.312 e. The van der Waals surface area contributed by atoms with Gasteiger partial charge >= 0.3 is 5.97 Å². The highest BCUT2D eigenvalue weighted by atomic mass is 16.5. The van der Waals surface area contributed by atoms with E-state index in [1.807, 2.05) is 84.9 Å². The maximum absolute atomic E-state index is 13.1. The third-order valence-corrected chi connectivity index (χ3v) is 6.40. The summed E-state index contributed by atoms with van der Waals surface area (Å²) in [5.41, 5.74) is 0.243. The molecule has 1 aliphatic heterocycles. The number of methoxy groups -OCH3 is 1. The summed E-state index contributed by atoms with van der Waals surface area (Å²) in [6.45, 7) is 0. The fourth-order valence-electron chi connectivity index (χ4n) is 5.28. The SMILES string of the molecule is COC(=O)[C@@H]1[C@@H](c2ccccc2)C2(c3ccccc3)C[C@]1(O)c1ccccc1O2. The molecule has 0 amide bonds. The predicted molar refractivity (Wildman–Crippen MR) is 108 cm³/mol. The summed E-state index contributed by atoms with van der Waals surface area (Å²) in [5, 5.41) is 12.0. The Balaban J connectivity index is 1.83. The van der Waals surface area contributed by atoms with Gasteiger partial charge in [0.15, 0.2) is 0 Å². The number of rotatable bonds is 3. The smallest absolute Gasteiger partial charge is 0.312 e. The van der Waals surface area contributed by atoms with Gasteiger partial charge in [0.1, 0.15) is 22.9 Å². The minimum Gasteiger partial charge on any atom is -0.481 e. The average molecular weight is 386 g/mol. The summed E-state index contributed by atoms with van der Waals surface area (Å²) >= 11 is 0. The Hall–Kier alpha value is -3.11. The number of carbonyl (C=O) groups is 1. The monoisotopic (exact) mass is 386 g/mol. The van der Waals surface area contributed by atoms with E-state index in [4.69, 9.17) is 9.47 Å². The molecule has 0 radical (unpaired) electrons. The Morgan fingerprint density at radius 3 is 2.28 bits per heavy atom.